The standard InChI is InChI=1S/C20H27N3O4/c1-3-22(4-2)18(25)13-23-12-11-20(10-9-17(23)24)14-21-19(26)15-7-5-6-8-16(15)27-20/h5-8H,3-4,9-14H2,1-2H3,(H,21,26)/t20-/m0/s1. The van der Waals surface area contributed by atoms with E-state index in [0.717, 1.165) is 0 Å². The van der Waals surface area contributed by atoms with Crippen LogP contribution in [0.25, 0.3) is 0 Å². The van der Waals surface area contributed by atoms with Crippen molar-refractivity contribution in [2.75, 3.05) is 32.7 Å². The fourth-order valence-corrected chi connectivity index (χ4v) is 3.72. The highest BCUT2D eigenvalue weighted by atomic mass is 16.5. The minimum Gasteiger partial charge on any atom is -0.485 e. The van der Waals surface area contributed by atoms with Crippen molar-refractivity contribution in [1.29, 1.82) is 0 Å². The van der Waals surface area contributed by atoms with Gasteiger partial charge in [0.2, 0.25) is 11.8 Å². The Kier molecular flexibility index (Phi) is 5.68. The molecule has 1 N–H and O–H groups in total. The molecular formula is C20H27N3O4. The van der Waals surface area contributed by atoms with Gasteiger partial charge in [0.05, 0.1) is 18.7 Å². The molecule has 146 valence electrons. The van der Waals surface area contributed by atoms with Crippen molar-refractivity contribution < 1.29 is 19.1 Å². The van der Waals surface area contributed by atoms with E-state index in [1.165, 1.54) is 0 Å². The summed E-state index contributed by atoms with van der Waals surface area (Å²) in [4.78, 5) is 40.7. The van der Waals surface area contributed by atoms with Crippen LogP contribution >= 0.6 is 0 Å². The summed E-state index contributed by atoms with van der Waals surface area (Å²) in [7, 11) is 0. The molecule has 0 aromatic heterocycles. The van der Waals surface area contributed by atoms with Crippen molar-refractivity contribution >= 4 is 17.7 Å². The maximum absolute atomic E-state index is 12.6. The molecule has 7 heteroatoms. The molecular weight excluding hydrogens is 346 g/mol. The zero-order chi connectivity index (χ0) is 19.4. The van der Waals surface area contributed by atoms with Gasteiger partial charge in [0.15, 0.2) is 0 Å². The van der Waals surface area contributed by atoms with E-state index >= 15 is 0 Å². The van der Waals surface area contributed by atoms with Gasteiger partial charge < -0.3 is 19.9 Å². The number of benzene rings is 1. The average molecular weight is 373 g/mol. The zero-order valence-corrected chi connectivity index (χ0v) is 16.0. The van der Waals surface area contributed by atoms with E-state index < -0.39 is 5.60 Å². The fourth-order valence-electron chi connectivity index (χ4n) is 3.72. The lowest BCUT2D eigenvalue weighted by Crippen LogP contribution is -2.46. The topological polar surface area (TPSA) is 79.0 Å². The van der Waals surface area contributed by atoms with Crippen molar-refractivity contribution in [3.8, 4) is 5.75 Å². The first-order valence-corrected chi connectivity index (χ1v) is 9.60. The lowest BCUT2D eigenvalue weighted by molar-refractivity contribution is -0.140. The quantitative estimate of drug-likeness (QED) is 0.866. The molecule has 7 nitrogen and oxygen atoms in total. The van der Waals surface area contributed by atoms with E-state index in [0.29, 0.717) is 56.8 Å². The Morgan fingerprint density at radius 2 is 1.96 bits per heavy atom. The van der Waals surface area contributed by atoms with Gasteiger partial charge in [0, 0.05) is 32.5 Å². The fraction of sp³-hybridized carbons (Fsp3) is 0.550. The van der Waals surface area contributed by atoms with Crippen LogP contribution in [0.2, 0.25) is 0 Å². The van der Waals surface area contributed by atoms with E-state index in [1.54, 1.807) is 28.0 Å². The van der Waals surface area contributed by atoms with E-state index in [-0.39, 0.29) is 24.3 Å². The Hall–Kier alpha value is -2.57. The number of likely N-dealkylation sites (N-methyl/N-ethyl adjacent to an activating group) is 1. The lowest BCUT2D eigenvalue weighted by Gasteiger charge is -2.32. The molecule has 0 unspecified atom stereocenters. The Balaban J connectivity index is 1.74. The molecule has 1 fully saturated rings. The molecule has 2 heterocycles. The van der Waals surface area contributed by atoms with Crippen LogP contribution in [0.15, 0.2) is 24.3 Å². The molecule has 1 spiro atoms. The Bertz CT molecular complexity index is 732. The van der Waals surface area contributed by atoms with Crippen LogP contribution in [0.1, 0.15) is 43.5 Å². The number of rotatable bonds is 4. The summed E-state index contributed by atoms with van der Waals surface area (Å²) in [5.41, 5.74) is -0.121. The van der Waals surface area contributed by atoms with E-state index in [2.05, 4.69) is 5.32 Å². The first-order chi connectivity index (χ1) is 13.0. The third kappa shape index (κ3) is 4.07. The van der Waals surface area contributed by atoms with Crippen molar-refractivity contribution in [1.82, 2.24) is 15.1 Å². The zero-order valence-electron chi connectivity index (χ0n) is 16.0. The summed E-state index contributed by atoms with van der Waals surface area (Å²) in [5, 5.41) is 2.93. The number of ether oxygens (including phenoxy) is 1. The number of hydrogen-bond donors (Lipinski definition) is 1. The second-order valence-corrected chi connectivity index (χ2v) is 7.10. The van der Waals surface area contributed by atoms with Crippen molar-refractivity contribution in [2.45, 2.75) is 38.7 Å². The average Bonchev–Trinajstić information content (AvgIpc) is 2.91. The molecule has 1 saturated heterocycles. The third-order valence-corrected chi connectivity index (χ3v) is 5.46. The van der Waals surface area contributed by atoms with Crippen molar-refractivity contribution in [3.05, 3.63) is 29.8 Å². The van der Waals surface area contributed by atoms with Gasteiger partial charge in [-0.3, -0.25) is 14.4 Å². The molecule has 0 radical (unpaired) electrons. The monoisotopic (exact) mass is 373 g/mol. The molecule has 1 atom stereocenters. The Labute approximate surface area is 159 Å². The molecule has 0 saturated carbocycles. The number of likely N-dealkylation sites (tertiary alicyclic amines) is 1. The predicted octanol–water partition coefficient (Wildman–Crippen LogP) is 1.43. The molecule has 3 rings (SSSR count). The van der Waals surface area contributed by atoms with E-state index in [9.17, 15) is 14.4 Å². The number of nitrogens with one attached hydrogen (secondary N) is 1. The van der Waals surface area contributed by atoms with Crippen LogP contribution in [0.3, 0.4) is 0 Å². The minimum absolute atomic E-state index is 0.0373. The highest BCUT2D eigenvalue weighted by Crippen LogP contribution is 2.33. The van der Waals surface area contributed by atoms with Crippen molar-refractivity contribution in [2.24, 2.45) is 0 Å². The first kappa shape index (κ1) is 19.2. The smallest absolute Gasteiger partial charge is 0.255 e. The number of fused-ring (bicyclic) bond motifs is 1. The van der Waals surface area contributed by atoms with Gasteiger partial charge in [0.1, 0.15) is 11.4 Å². The predicted molar refractivity (Wildman–Crippen MR) is 100 cm³/mol. The van der Waals surface area contributed by atoms with Gasteiger partial charge >= 0.3 is 0 Å². The van der Waals surface area contributed by atoms with Crippen LogP contribution in [0.4, 0.5) is 0 Å². The highest BCUT2D eigenvalue weighted by molar-refractivity contribution is 5.97. The van der Waals surface area contributed by atoms with Gasteiger partial charge in [0.25, 0.3) is 5.91 Å². The van der Waals surface area contributed by atoms with Crippen LogP contribution in [-0.4, -0.2) is 65.8 Å². The van der Waals surface area contributed by atoms with Gasteiger partial charge in [-0.05, 0) is 32.4 Å². The molecule has 1 aromatic rings. The molecule has 27 heavy (non-hydrogen) atoms. The number of amides is 3. The summed E-state index contributed by atoms with van der Waals surface area (Å²) in [5.74, 6) is 0.309. The minimum atomic E-state index is -0.634. The van der Waals surface area contributed by atoms with E-state index in [4.69, 9.17) is 4.74 Å². The van der Waals surface area contributed by atoms with Crippen LogP contribution in [0, 0.1) is 0 Å². The maximum Gasteiger partial charge on any atom is 0.255 e. The molecule has 1 aromatic carbocycles. The SMILES string of the molecule is CCN(CC)C(=O)CN1CC[C@@]2(CCC1=O)CNC(=O)c1ccccc1O2. The van der Waals surface area contributed by atoms with E-state index in [1.807, 2.05) is 19.9 Å². The van der Waals surface area contributed by atoms with Gasteiger partial charge in [-0.25, -0.2) is 0 Å². The van der Waals surface area contributed by atoms with Crippen LogP contribution in [0.5, 0.6) is 5.75 Å². The van der Waals surface area contributed by atoms with Crippen LogP contribution in [-0.2, 0) is 9.59 Å². The summed E-state index contributed by atoms with van der Waals surface area (Å²) in [6.45, 7) is 6.01. The number of hydrogen-bond acceptors (Lipinski definition) is 4. The number of carbonyl (C=O) groups excluding carboxylic acids is 3. The maximum atomic E-state index is 12.6. The summed E-state index contributed by atoms with van der Waals surface area (Å²) in [6.07, 6.45) is 1.37. The summed E-state index contributed by atoms with van der Waals surface area (Å²) < 4.78 is 6.27. The molecule has 3 amide bonds. The van der Waals surface area contributed by atoms with Gasteiger partial charge in [-0.2, -0.15) is 0 Å². The summed E-state index contributed by atoms with van der Waals surface area (Å²) >= 11 is 0. The number of nitrogens with zero attached hydrogens (tertiary/aromatic N) is 2. The Morgan fingerprint density at radius 1 is 1.22 bits per heavy atom. The molecule has 0 bridgehead atoms. The largest absolute Gasteiger partial charge is 0.485 e. The Morgan fingerprint density at radius 3 is 2.70 bits per heavy atom. The molecule has 2 aliphatic rings. The number of para-hydroxylation sites is 1. The summed E-state index contributed by atoms with van der Waals surface area (Å²) in [6, 6.07) is 7.16. The number of carbonyl (C=O) groups is 3. The first-order valence-electron chi connectivity index (χ1n) is 9.60. The third-order valence-electron chi connectivity index (χ3n) is 5.46. The normalized spacial score (nSPS) is 22.4. The van der Waals surface area contributed by atoms with Gasteiger partial charge in [-0.1, -0.05) is 12.1 Å². The lowest BCUT2D eigenvalue weighted by atomic mass is 9.94. The highest BCUT2D eigenvalue weighted by Gasteiger charge is 2.40. The second kappa shape index (κ2) is 7.98. The second-order valence-electron chi connectivity index (χ2n) is 7.10. The van der Waals surface area contributed by atoms with Gasteiger partial charge in [-0.15, -0.1) is 0 Å². The van der Waals surface area contributed by atoms with Crippen LogP contribution < -0.4 is 10.1 Å². The van der Waals surface area contributed by atoms with Crippen molar-refractivity contribution in [3.63, 3.8) is 0 Å². The molecule has 2 aliphatic heterocycles. The molecule has 0 aliphatic carbocycles.